The maximum absolute atomic E-state index is 13.8. The van der Waals surface area contributed by atoms with Crippen molar-refractivity contribution in [3.8, 4) is 11.1 Å². The molecular formula is C34H38N2O6. The number of carbonyl (C=O) groups is 3. The summed E-state index contributed by atoms with van der Waals surface area (Å²) in [7, 11) is 0. The van der Waals surface area contributed by atoms with Crippen molar-refractivity contribution in [1.82, 2.24) is 10.2 Å². The van der Waals surface area contributed by atoms with Gasteiger partial charge in [0.15, 0.2) is 0 Å². The molecule has 2 amide bonds. The number of hydrogen-bond donors (Lipinski definition) is 2. The van der Waals surface area contributed by atoms with Crippen molar-refractivity contribution in [3.63, 3.8) is 0 Å². The average Bonchev–Trinajstić information content (AvgIpc) is 3.35. The molecule has 1 heterocycles. The highest BCUT2D eigenvalue weighted by Gasteiger charge is 2.43. The second-order valence-corrected chi connectivity index (χ2v) is 11.2. The van der Waals surface area contributed by atoms with Crippen LogP contribution in [0.2, 0.25) is 0 Å². The molecule has 1 fully saturated rings. The van der Waals surface area contributed by atoms with Crippen molar-refractivity contribution < 1.29 is 29.0 Å². The number of piperidine rings is 1. The molecule has 0 radical (unpaired) electrons. The van der Waals surface area contributed by atoms with Crippen LogP contribution in [0.3, 0.4) is 0 Å². The third kappa shape index (κ3) is 6.04. The van der Waals surface area contributed by atoms with Gasteiger partial charge in [-0.15, -0.1) is 0 Å². The number of aliphatic carboxylic acids is 1. The van der Waals surface area contributed by atoms with Gasteiger partial charge in [0, 0.05) is 19.0 Å². The highest BCUT2D eigenvalue weighted by atomic mass is 16.5. The van der Waals surface area contributed by atoms with Crippen molar-refractivity contribution >= 4 is 18.0 Å². The standard InChI is InChI=1S/C34H38N2O6/c1-3-34(32(38)39)17-19-36(20-18-34)31(37)30(23(2)41-21-24-11-5-4-6-12-24)35-33(40)42-22-29-27-15-9-7-13-25(27)26-14-8-10-16-28(26)29/h4-16,23,29-30H,3,17-22H2,1-2H3,(H,35,40)(H,38,39). The molecule has 0 bridgehead atoms. The number of nitrogens with one attached hydrogen (secondary N) is 1. The Morgan fingerprint density at radius 1 is 0.929 bits per heavy atom. The third-order valence-corrected chi connectivity index (χ3v) is 8.87. The first-order chi connectivity index (χ1) is 20.3. The third-order valence-electron chi connectivity index (χ3n) is 8.87. The molecule has 1 aliphatic heterocycles. The number of nitrogens with zero attached hydrogens (tertiary/aromatic N) is 1. The largest absolute Gasteiger partial charge is 0.481 e. The molecule has 8 nitrogen and oxygen atoms in total. The summed E-state index contributed by atoms with van der Waals surface area (Å²) in [6.07, 6.45) is -0.128. The van der Waals surface area contributed by atoms with Gasteiger partial charge in [-0.1, -0.05) is 85.8 Å². The number of carboxylic acids is 1. The quantitative estimate of drug-likeness (QED) is 0.329. The summed E-state index contributed by atoms with van der Waals surface area (Å²) in [6.45, 7) is 4.62. The molecule has 42 heavy (non-hydrogen) atoms. The molecule has 0 aromatic heterocycles. The second kappa shape index (κ2) is 12.8. The van der Waals surface area contributed by atoms with Crippen molar-refractivity contribution in [2.45, 2.75) is 57.8 Å². The van der Waals surface area contributed by atoms with E-state index in [-0.39, 0.29) is 25.0 Å². The van der Waals surface area contributed by atoms with Gasteiger partial charge in [-0.05, 0) is 54.0 Å². The summed E-state index contributed by atoms with van der Waals surface area (Å²) in [5.41, 5.74) is 4.58. The van der Waals surface area contributed by atoms with Crippen LogP contribution in [0, 0.1) is 5.41 Å². The highest BCUT2D eigenvalue weighted by Crippen LogP contribution is 2.44. The maximum Gasteiger partial charge on any atom is 0.407 e. The molecule has 3 aromatic carbocycles. The number of carboxylic acid groups (broad SMARTS) is 1. The number of benzene rings is 3. The van der Waals surface area contributed by atoms with Gasteiger partial charge in [0.1, 0.15) is 12.6 Å². The fraction of sp³-hybridized carbons (Fsp3) is 0.382. The smallest absolute Gasteiger partial charge is 0.407 e. The van der Waals surface area contributed by atoms with Gasteiger partial charge in [-0.3, -0.25) is 9.59 Å². The summed E-state index contributed by atoms with van der Waals surface area (Å²) < 4.78 is 11.8. The molecule has 1 aliphatic carbocycles. The summed E-state index contributed by atoms with van der Waals surface area (Å²) in [4.78, 5) is 40.5. The van der Waals surface area contributed by atoms with Crippen molar-refractivity contribution in [2.75, 3.05) is 19.7 Å². The molecule has 3 aromatic rings. The van der Waals surface area contributed by atoms with Crippen LogP contribution in [-0.4, -0.2) is 59.8 Å². The zero-order valence-corrected chi connectivity index (χ0v) is 24.1. The molecule has 0 saturated carbocycles. The van der Waals surface area contributed by atoms with E-state index in [0.717, 1.165) is 27.8 Å². The van der Waals surface area contributed by atoms with Crippen molar-refractivity contribution in [3.05, 3.63) is 95.6 Å². The van der Waals surface area contributed by atoms with Crippen molar-refractivity contribution in [2.24, 2.45) is 5.41 Å². The monoisotopic (exact) mass is 570 g/mol. The zero-order valence-electron chi connectivity index (χ0n) is 24.1. The van der Waals surface area contributed by atoms with E-state index in [4.69, 9.17) is 9.47 Å². The van der Waals surface area contributed by atoms with Gasteiger partial charge < -0.3 is 24.8 Å². The maximum atomic E-state index is 13.8. The van der Waals surface area contributed by atoms with Crippen molar-refractivity contribution in [1.29, 1.82) is 0 Å². The van der Waals surface area contributed by atoms with E-state index >= 15 is 0 Å². The predicted octanol–water partition coefficient (Wildman–Crippen LogP) is 5.60. The van der Waals surface area contributed by atoms with Crippen LogP contribution in [0.1, 0.15) is 55.7 Å². The Kier molecular flexibility index (Phi) is 8.92. The molecule has 8 heteroatoms. The summed E-state index contributed by atoms with van der Waals surface area (Å²) in [5.74, 6) is -1.24. The van der Waals surface area contributed by atoms with Gasteiger partial charge in [-0.25, -0.2) is 4.79 Å². The molecule has 2 atom stereocenters. The highest BCUT2D eigenvalue weighted by molar-refractivity contribution is 5.87. The lowest BCUT2D eigenvalue weighted by Crippen LogP contribution is -2.57. The summed E-state index contributed by atoms with van der Waals surface area (Å²) in [6, 6.07) is 24.8. The van der Waals surface area contributed by atoms with Gasteiger partial charge in [0.05, 0.1) is 18.1 Å². The molecular weight excluding hydrogens is 532 g/mol. The van der Waals surface area contributed by atoms with Gasteiger partial charge in [0.2, 0.25) is 5.91 Å². The fourth-order valence-corrected chi connectivity index (χ4v) is 6.12. The Morgan fingerprint density at radius 2 is 1.50 bits per heavy atom. The average molecular weight is 571 g/mol. The number of ether oxygens (including phenoxy) is 2. The number of likely N-dealkylation sites (tertiary alicyclic amines) is 1. The van der Waals surface area contributed by atoms with E-state index in [1.54, 1.807) is 11.8 Å². The van der Waals surface area contributed by atoms with Crippen LogP contribution >= 0.6 is 0 Å². The van der Waals surface area contributed by atoms with Crippen LogP contribution in [0.15, 0.2) is 78.9 Å². The summed E-state index contributed by atoms with van der Waals surface area (Å²) >= 11 is 0. The van der Waals surface area contributed by atoms with E-state index in [2.05, 4.69) is 29.6 Å². The Hall–Kier alpha value is -4.17. The minimum atomic E-state index is -0.997. The lowest BCUT2D eigenvalue weighted by Gasteiger charge is -2.40. The van der Waals surface area contributed by atoms with Crippen LogP contribution in [0.5, 0.6) is 0 Å². The minimum Gasteiger partial charge on any atom is -0.481 e. The Morgan fingerprint density at radius 3 is 2.07 bits per heavy atom. The number of carbonyl (C=O) groups excluding carboxylic acids is 2. The van der Waals surface area contributed by atoms with Crippen LogP contribution < -0.4 is 5.32 Å². The Balaban J connectivity index is 1.28. The number of fused-ring (bicyclic) bond motifs is 3. The molecule has 5 rings (SSSR count). The number of amides is 2. The van der Waals surface area contributed by atoms with E-state index in [1.807, 2.05) is 61.5 Å². The van der Waals surface area contributed by atoms with E-state index in [1.165, 1.54) is 0 Å². The Bertz CT molecular complexity index is 1370. The summed E-state index contributed by atoms with van der Waals surface area (Å²) in [5, 5.41) is 12.6. The van der Waals surface area contributed by atoms with E-state index in [9.17, 15) is 19.5 Å². The lowest BCUT2D eigenvalue weighted by molar-refractivity contribution is -0.155. The number of rotatable bonds is 10. The molecule has 1 saturated heterocycles. The van der Waals surface area contributed by atoms with E-state index < -0.39 is 29.6 Å². The number of alkyl carbamates (subject to hydrolysis) is 1. The molecule has 2 unspecified atom stereocenters. The lowest BCUT2D eigenvalue weighted by atomic mass is 9.76. The van der Waals surface area contributed by atoms with Crippen LogP contribution in [0.4, 0.5) is 4.79 Å². The number of hydrogen-bond acceptors (Lipinski definition) is 5. The van der Waals surface area contributed by atoms with Crippen LogP contribution in [0.25, 0.3) is 11.1 Å². The van der Waals surface area contributed by atoms with E-state index in [0.29, 0.717) is 32.4 Å². The second-order valence-electron chi connectivity index (χ2n) is 11.2. The van der Waals surface area contributed by atoms with Gasteiger partial charge in [0.25, 0.3) is 0 Å². The minimum absolute atomic E-state index is 0.107. The van der Waals surface area contributed by atoms with Crippen LogP contribution in [-0.2, 0) is 25.7 Å². The normalized spacial score (nSPS) is 17.0. The topological polar surface area (TPSA) is 105 Å². The molecule has 0 spiro atoms. The van der Waals surface area contributed by atoms with Gasteiger partial charge in [-0.2, -0.15) is 0 Å². The SMILES string of the molecule is CCC1(C(=O)O)CCN(C(=O)C(NC(=O)OCC2c3ccccc3-c3ccccc32)C(C)OCc2ccccc2)CC1. The predicted molar refractivity (Wildman–Crippen MR) is 159 cm³/mol. The first-order valence-corrected chi connectivity index (χ1v) is 14.6. The van der Waals surface area contributed by atoms with Gasteiger partial charge >= 0.3 is 12.1 Å². The molecule has 220 valence electrons. The zero-order chi connectivity index (χ0) is 29.7. The molecule has 2 N–H and O–H groups in total. The first-order valence-electron chi connectivity index (χ1n) is 14.6. The first kappa shape index (κ1) is 29.3. The molecule has 2 aliphatic rings. The fourth-order valence-electron chi connectivity index (χ4n) is 6.12. The Labute approximate surface area is 246 Å².